The van der Waals surface area contributed by atoms with Gasteiger partial charge in [-0.15, -0.1) is 0 Å². The number of nitrogens with zero attached hydrogens (tertiary/aromatic N) is 1. The molecule has 1 aromatic rings. The topological polar surface area (TPSA) is 66.8 Å². The van der Waals surface area contributed by atoms with Crippen LogP contribution in [0.25, 0.3) is 5.57 Å². The van der Waals surface area contributed by atoms with E-state index in [9.17, 15) is 9.59 Å². The summed E-state index contributed by atoms with van der Waals surface area (Å²) < 4.78 is 5.22. The minimum Gasteiger partial charge on any atom is -0.497 e. The molecule has 0 bridgehead atoms. The van der Waals surface area contributed by atoms with Gasteiger partial charge >= 0.3 is 5.97 Å². The van der Waals surface area contributed by atoms with Crippen molar-refractivity contribution in [1.29, 1.82) is 0 Å². The van der Waals surface area contributed by atoms with Crippen LogP contribution in [0.4, 0.5) is 0 Å². The second-order valence-corrected chi connectivity index (χ2v) is 6.28. The summed E-state index contributed by atoms with van der Waals surface area (Å²) in [6.45, 7) is 3.30. The van der Waals surface area contributed by atoms with E-state index in [0.29, 0.717) is 13.0 Å². The number of carbonyl (C=O) groups excluding carboxylic acids is 1. The maximum absolute atomic E-state index is 12.5. The average molecular weight is 331 g/mol. The lowest BCUT2D eigenvalue weighted by Crippen LogP contribution is -2.39. The first-order valence-corrected chi connectivity index (χ1v) is 8.33. The Morgan fingerprint density at radius 1 is 1.42 bits per heavy atom. The van der Waals surface area contributed by atoms with Crippen LogP contribution in [0.5, 0.6) is 5.75 Å². The molecule has 1 unspecified atom stereocenters. The molecule has 1 heterocycles. The highest BCUT2D eigenvalue weighted by Gasteiger charge is 2.23. The average Bonchev–Trinajstić information content (AvgIpc) is 2.60. The number of hydrogen-bond donors (Lipinski definition) is 1. The standard InChI is InChI=1S/C19H25NO4/c1-14(16-6-3-7-17(12-16)24-2)11-18(21)20-10-4-5-15(13-20)8-9-19(22)23/h3,6-7,11-12,15H,4-5,8-10,13H2,1-2H3,(H,22,23). The number of likely N-dealkylation sites (tertiary alicyclic amines) is 1. The summed E-state index contributed by atoms with van der Waals surface area (Å²) in [5, 5.41) is 8.81. The fourth-order valence-electron chi connectivity index (χ4n) is 3.06. The van der Waals surface area contributed by atoms with Gasteiger partial charge in [-0.25, -0.2) is 0 Å². The molecule has 1 saturated heterocycles. The van der Waals surface area contributed by atoms with Gasteiger partial charge in [-0.3, -0.25) is 9.59 Å². The van der Waals surface area contributed by atoms with Crippen LogP contribution in [0.2, 0.25) is 0 Å². The van der Waals surface area contributed by atoms with E-state index in [1.54, 1.807) is 13.2 Å². The van der Waals surface area contributed by atoms with Crippen molar-refractivity contribution in [2.24, 2.45) is 5.92 Å². The van der Waals surface area contributed by atoms with Gasteiger partial charge in [0.2, 0.25) is 5.91 Å². The molecule has 5 nitrogen and oxygen atoms in total. The third kappa shape index (κ3) is 5.11. The van der Waals surface area contributed by atoms with E-state index in [2.05, 4.69) is 0 Å². The molecule has 1 N–H and O–H groups in total. The molecule has 1 aliphatic rings. The monoisotopic (exact) mass is 331 g/mol. The number of ether oxygens (including phenoxy) is 1. The van der Waals surface area contributed by atoms with Crippen molar-refractivity contribution >= 4 is 17.4 Å². The van der Waals surface area contributed by atoms with Gasteiger partial charge in [-0.05, 0) is 55.4 Å². The first-order valence-electron chi connectivity index (χ1n) is 8.33. The Kier molecular flexibility index (Phi) is 6.41. The molecule has 0 saturated carbocycles. The predicted octanol–water partition coefficient (Wildman–Crippen LogP) is 3.20. The SMILES string of the molecule is COc1cccc(C(C)=CC(=O)N2CCCC(CCC(=O)O)C2)c1. The first-order chi connectivity index (χ1) is 11.5. The molecule has 24 heavy (non-hydrogen) atoms. The van der Waals surface area contributed by atoms with Crippen molar-refractivity contribution in [3.05, 3.63) is 35.9 Å². The van der Waals surface area contributed by atoms with E-state index in [-0.39, 0.29) is 18.2 Å². The zero-order valence-corrected chi connectivity index (χ0v) is 14.3. The maximum atomic E-state index is 12.5. The molecule has 5 heteroatoms. The Labute approximate surface area is 142 Å². The summed E-state index contributed by atoms with van der Waals surface area (Å²) in [5.74, 6) is 0.270. The second kappa shape index (κ2) is 8.52. The Morgan fingerprint density at radius 3 is 2.92 bits per heavy atom. The minimum atomic E-state index is -0.771. The molecule has 1 fully saturated rings. The molecule has 0 aliphatic carbocycles. The highest BCUT2D eigenvalue weighted by atomic mass is 16.5. The largest absolute Gasteiger partial charge is 0.497 e. The van der Waals surface area contributed by atoms with Crippen molar-refractivity contribution in [3.63, 3.8) is 0 Å². The van der Waals surface area contributed by atoms with E-state index in [0.717, 1.165) is 36.3 Å². The van der Waals surface area contributed by atoms with Gasteiger partial charge in [0.25, 0.3) is 0 Å². The number of piperidine rings is 1. The zero-order valence-electron chi connectivity index (χ0n) is 14.3. The van der Waals surface area contributed by atoms with E-state index in [1.165, 1.54) is 0 Å². The van der Waals surface area contributed by atoms with Crippen LogP contribution >= 0.6 is 0 Å². The molecule has 0 radical (unpaired) electrons. The molecule has 2 rings (SSSR count). The number of rotatable bonds is 6. The van der Waals surface area contributed by atoms with Gasteiger partial charge < -0.3 is 14.7 Å². The smallest absolute Gasteiger partial charge is 0.303 e. The Hall–Kier alpha value is -2.30. The normalized spacial score (nSPS) is 18.3. The second-order valence-electron chi connectivity index (χ2n) is 6.28. The molecule has 1 atom stereocenters. The lowest BCUT2D eigenvalue weighted by molar-refractivity contribution is -0.137. The van der Waals surface area contributed by atoms with E-state index >= 15 is 0 Å². The van der Waals surface area contributed by atoms with E-state index in [4.69, 9.17) is 9.84 Å². The summed E-state index contributed by atoms with van der Waals surface area (Å²) in [6.07, 6.45) is 4.40. The third-order valence-electron chi connectivity index (χ3n) is 4.46. The Balaban J connectivity index is 2.00. The Bertz CT molecular complexity index is 624. The number of carboxylic acid groups (broad SMARTS) is 1. The number of hydrogen-bond acceptors (Lipinski definition) is 3. The van der Waals surface area contributed by atoms with Gasteiger partial charge in [-0.2, -0.15) is 0 Å². The van der Waals surface area contributed by atoms with Gasteiger partial charge in [0, 0.05) is 25.6 Å². The number of amides is 1. The predicted molar refractivity (Wildman–Crippen MR) is 92.8 cm³/mol. The molecule has 0 aromatic heterocycles. The number of carbonyl (C=O) groups is 2. The van der Waals surface area contributed by atoms with Crippen molar-refractivity contribution in [1.82, 2.24) is 4.90 Å². The molecule has 1 aromatic carbocycles. The van der Waals surface area contributed by atoms with Gasteiger partial charge in [0.1, 0.15) is 5.75 Å². The molecule has 1 amide bonds. The highest BCUT2D eigenvalue weighted by molar-refractivity contribution is 5.95. The van der Waals surface area contributed by atoms with E-state index in [1.807, 2.05) is 36.1 Å². The Morgan fingerprint density at radius 2 is 2.21 bits per heavy atom. The highest BCUT2D eigenvalue weighted by Crippen LogP contribution is 2.23. The minimum absolute atomic E-state index is 0.00431. The number of benzene rings is 1. The fourth-order valence-corrected chi connectivity index (χ4v) is 3.06. The number of allylic oxidation sites excluding steroid dienone is 1. The maximum Gasteiger partial charge on any atom is 0.303 e. The van der Waals surface area contributed by atoms with Crippen LogP contribution in [-0.2, 0) is 9.59 Å². The summed E-state index contributed by atoms with van der Waals surface area (Å²) in [5.41, 5.74) is 1.86. The number of methoxy groups -OCH3 is 1. The molecule has 0 spiro atoms. The first kappa shape index (κ1) is 18.0. The van der Waals surface area contributed by atoms with Crippen LogP contribution in [0.15, 0.2) is 30.3 Å². The fraction of sp³-hybridized carbons (Fsp3) is 0.474. The zero-order chi connectivity index (χ0) is 17.5. The molecule has 130 valence electrons. The summed E-state index contributed by atoms with van der Waals surface area (Å²) in [6, 6.07) is 7.63. The van der Waals surface area contributed by atoms with E-state index < -0.39 is 5.97 Å². The van der Waals surface area contributed by atoms with Gasteiger partial charge in [0.05, 0.1) is 7.11 Å². The van der Waals surface area contributed by atoms with Crippen LogP contribution in [0, 0.1) is 5.92 Å². The number of aliphatic carboxylic acids is 1. The quantitative estimate of drug-likeness (QED) is 0.813. The van der Waals surface area contributed by atoms with Crippen LogP contribution < -0.4 is 4.74 Å². The van der Waals surface area contributed by atoms with Gasteiger partial charge in [-0.1, -0.05) is 12.1 Å². The third-order valence-corrected chi connectivity index (χ3v) is 4.46. The lowest BCUT2D eigenvalue weighted by Gasteiger charge is -2.32. The summed E-state index contributed by atoms with van der Waals surface area (Å²) >= 11 is 0. The summed E-state index contributed by atoms with van der Waals surface area (Å²) in [4.78, 5) is 25.1. The van der Waals surface area contributed by atoms with Crippen molar-refractivity contribution in [2.75, 3.05) is 20.2 Å². The van der Waals surface area contributed by atoms with Gasteiger partial charge in [0.15, 0.2) is 0 Å². The lowest BCUT2D eigenvalue weighted by atomic mass is 9.93. The summed E-state index contributed by atoms with van der Waals surface area (Å²) in [7, 11) is 1.62. The molecular formula is C19H25NO4. The molecule has 1 aliphatic heterocycles. The van der Waals surface area contributed by atoms with Crippen LogP contribution in [0.1, 0.15) is 38.2 Å². The van der Waals surface area contributed by atoms with Crippen LogP contribution in [-0.4, -0.2) is 42.1 Å². The molecular weight excluding hydrogens is 306 g/mol. The van der Waals surface area contributed by atoms with Crippen molar-refractivity contribution in [2.45, 2.75) is 32.6 Å². The number of carboxylic acids is 1. The van der Waals surface area contributed by atoms with Crippen molar-refractivity contribution in [3.8, 4) is 5.75 Å². The van der Waals surface area contributed by atoms with Crippen molar-refractivity contribution < 1.29 is 19.4 Å². The van der Waals surface area contributed by atoms with Crippen LogP contribution in [0.3, 0.4) is 0 Å².